The SMILES string of the molecule is Cc1cc(C)cc(OCC(=O)OCC(=O)NCCc2ccc3c(c2)OCCO3)c1. The van der Waals surface area contributed by atoms with Gasteiger partial charge in [0, 0.05) is 6.54 Å². The number of carbonyl (C=O) groups excluding carboxylic acids is 2. The summed E-state index contributed by atoms with van der Waals surface area (Å²) in [5.74, 6) is 1.11. The van der Waals surface area contributed by atoms with Gasteiger partial charge in [-0.3, -0.25) is 4.79 Å². The van der Waals surface area contributed by atoms with E-state index >= 15 is 0 Å². The van der Waals surface area contributed by atoms with Gasteiger partial charge >= 0.3 is 5.97 Å². The number of aryl methyl sites for hydroxylation is 2. The van der Waals surface area contributed by atoms with Crippen LogP contribution >= 0.6 is 0 Å². The lowest BCUT2D eigenvalue weighted by atomic mass is 10.1. The predicted octanol–water partition coefficient (Wildman–Crippen LogP) is 2.36. The van der Waals surface area contributed by atoms with Crippen LogP contribution in [-0.2, 0) is 20.7 Å². The number of rotatable bonds is 8. The van der Waals surface area contributed by atoms with E-state index in [9.17, 15) is 9.59 Å². The molecule has 0 aliphatic carbocycles. The van der Waals surface area contributed by atoms with E-state index in [0.29, 0.717) is 31.9 Å². The summed E-state index contributed by atoms with van der Waals surface area (Å²) in [7, 11) is 0. The van der Waals surface area contributed by atoms with Crippen LogP contribution < -0.4 is 19.5 Å². The Balaban J connectivity index is 1.33. The number of fused-ring (bicyclic) bond motifs is 1. The lowest BCUT2D eigenvalue weighted by Gasteiger charge is -2.18. The van der Waals surface area contributed by atoms with Gasteiger partial charge in [-0.15, -0.1) is 0 Å². The third-order valence-electron chi connectivity index (χ3n) is 4.26. The average Bonchev–Trinajstić information content (AvgIpc) is 2.70. The fraction of sp³-hybridized carbons (Fsp3) is 0.364. The van der Waals surface area contributed by atoms with Crippen LogP contribution in [0.3, 0.4) is 0 Å². The first kappa shape index (κ1) is 20.5. The highest BCUT2D eigenvalue weighted by molar-refractivity contribution is 5.80. The summed E-state index contributed by atoms with van der Waals surface area (Å²) in [6, 6.07) is 11.4. The minimum atomic E-state index is -0.592. The summed E-state index contributed by atoms with van der Waals surface area (Å²) in [5.41, 5.74) is 3.12. The van der Waals surface area contributed by atoms with Crippen LogP contribution in [0, 0.1) is 13.8 Å². The molecule has 0 spiro atoms. The lowest BCUT2D eigenvalue weighted by molar-refractivity contribution is -0.150. The number of nitrogens with one attached hydrogen (secondary N) is 1. The normalized spacial score (nSPS) is 12.2. The summed E-state index contributed by atoms with van der Waals surface area (Å²) < 4.78 is 21.4. The van der Waals surface area contributed by atoms with Crippen molar-refractivity contribution in [3.8, 4) is 17.2 Å². The quantitative estimate of drug-likeness (QED) is 0.686. The molecule has 0 saturated carbocycles. The van der Waals surface area contributed by atoms with Gasteiger partial charge in [0.15, 0.2) is 24.7 Å². The topological polar surface area (TPSA) is 83.1 Å². The van der Waals surface area contributed by atoms with Crippen molar-refractivity contribution < 1.29 is 28.5 Å². The number of esters is 1. The fourth-order valence-electron chi connectivity index (χ4n) is 2.99. The Hall–Kier alpha value is -3.22. The van der Waals surface area contributed by atoms with Crippen molar-refractivity contribution in [3.63, 3.8) is 0 Å². The molecule has 7 nitrogen and oxygen atoms in total. The van der Waals surface area contributed by atoms with Gasteiger partial charge in [-0.05, 0) is 61.2 Å². The zero-order valence-electron chi connectivity index (χ0n) is 16.7. The molecular weight excluding hydrogens is 374 g/mol. The van der Waals surface area contributed by atoms with Crippen molar-refractivity contribution in [1.29, 1.82) is 0 Å². The summed E-state index contributed by atoms with van der Waals surface area (Å²) in [4.78, 5) is 23.6. The monoisotopic (exact) mass is 399 g/mol. The first-order valence-electron chi connectivity index (χ1n) is 9.51. The maximum absolute atomic E-state index is 11.9. The Morgan fingerprint density at radius 2 is 1.69 bits per heavy atom. The van der Waals surface area contributed by atoms with Crippen LogP contribution in [0.1, 0.15) is 16.7 Å². The highest BCUT2D eigenvalue weighted by atomic mass is 16.6. The van der Waals surface area contributed by atoms with E-state index in [1.165, 1.54) is 0 Å². The Kier molecular flexibility index (Phi) is 6.94. The molecule has 0 saturated heterocycles. The van der Waals surface area contributed by atoms with E-state index in [2.05, 4.69) is 5.32 Å². The van der Waals surface area contributed by atoms with E-state index in [1.54, 1.807) is 0 Å². The summed E-state index contributed by atoms with van der Waals surface area (Å²) in [6.07, 6.45) is 0.631. The fourth-order valence-corrected chi connectivity index (χ4v) is 2.99. The number of carbonyl (C=O) groups is 2. The molecule has 0 aromatic heterocycles. The molecule has 0 unspecified atom stereocenters. The van der Waals surface area contributed by atoms with Crippen molar-refractivity contribution in [3.05, 3.63) is 53.1 Å². The van der Waals surface area contributed by atoms with Crippen LogP contribution in [-0.4, -0.2) is 44.8 Å². The smallest absolute Gasteiger partial charge is 0.344 e. The lowest BCUT2D eigenvalue weighted by Crippen LogP contribution is -2.31. The molecule has 2 aromatic carbocycles. The average molecular weight is 399 g/mol. The molecule has 0 radical (unpaired) electrons. The van der Waals surface area contributed by atoms with Gasteiger partial charge < -0.3 is 24.3 Å². The Morgan fingerprint density at radius 1 is 0.966 bits per heavy atom. The van der Waals surface area contributed by atoms with Crippen molar-refractivity contribution in [2.24, 2.45) is 0 Å². The minimum Gasteiger partial charge on any atom is -0.486 e. The van der Waals surface area contributed by atoms with Crippen molar-refractivity contribution >= 4 is 11.9 Å². The number of amides is 1. The largest absolute Gasteiger partial charge is 0.486 e. The van der Waals surface area contributed by atoms with E-state index in [0.717, 1.165) is 28.2 Å². The van der Waals surface area contributed by atoms with Crippen LogP contribution in [0.4, 0.5) is 0 Å². The van der Waals surface area contributed by atoms with E-state index in [1.807, 2.05) is 50.2 Å². The highest BCUT2D eigenvalue weighted by Crippen LogP contribution is 2.30. The predicted molar refractivity (Wildman–Crippen MR) is 107 cm³/mol. The second kappa shape index (κ2) is 9.82. The van der Waals surface area contributed by atoms with Gasteiger partial charge in [0.05, 0.1) is 0 Å². The molecule has 7 heteroatoms. The Labute approximate surface area is 169 Å². The first-order chi connectivity index (χ1) is 14.0. The molecular formula is C22H25NO6. The molecule has 1 N–H and O–H groups in total. The summed E-state index contributed by atoms with van der Waals surface area (Å²) >= 11 is 0. The van der Waals surface area contributed by atoms with Crippen LogP contribution in [0.5, 0.6) is 17.2 Å². The standard InChI is InChI=1S/C22H25NO6/c1-15-9-16(2)11-18(10-15)28-14-22(25)29-13-21(24)23-6-5-17-3-4-19-20(12-17)27-8-7-26-19/h3-4,9-12H,5-8,13-14H2,1-2H3,(H,23,24). The molecule has 0 fully saturated rings. The van der Waals surface area contributed by atoms with Crippen LogP contribution in [0.25, 0.3) is 0 Å². The van der Waals surface area contributed by atoms with Crippen LogP contribution in [0.2, 0.25) is 0 Å². The second-order valence-electron chi connectivity index (χ2n) is 6.85. The highest BCUT2D eigenvalue weighted by Gasteiger charge is 2.12. The van der Waals surface area contributed by atoms with Gasteiger partial charge in [0.2, 0.25) is 0 Å². The van der Waals surface area contributed by atoms with Gasteiger partial charge in [-0.25, -0.2) is 4.79 Å². The number of benzene rings is 2. The summed E-state index contributed by atoms with van der Waals surface area (Å²) in [6.45, 7) is 4.84. The maximum Gasteiger partial charge on any atom is 0.344 e. The van der Waals surface area contributed by atoms with E-state index in [4.69, 9.17) is 18.9 Å². The zero-order valence-corrected chi connectivity index (χ0v) is 16.7. The number of ether oxygens (including phenoxy) is 4. The molecule has 0 bridgehead atoms. The molecule has 2 aromatic rings. The Morgan fingerprint density at radius 3 is 2.45 bits per heavy atom. The number of hydrogen-bond acceptors (Lipinski definition) is 6. The third-order valence-corrected chi connectivity index (χ3v) is 4.26. The van der Waals surface area contributed by atoms with Crippen molar-refractivity contribution in [2.45, 2.75) is 20.3 Å². The van der Waals surface area contributed by atoms with E-state index < -0.39 is 5.97 Å². The molecule has 154 valence electrons. The Bertz CT molecular complexity index is 859. The van der Waals surface area contributed by atoms with Gasteiger partial charge in [-0.2, -0.15) is 0 Å². The van der Waals surface area contributed by atoms with E-state index in [-0.39, 0.29) is 19.1 Å². The van der Waals surface area contributed by atoms with Crippen molar-refractivity contribution in [2.75, 3.05) is 33.0 Å². The molecule has 29 heavy (non-hydrogen) atoms. The van der Waals surface area contributed by atoms with Gasteiger partial charge in [0.1, 0.15) is 19.0 Å². The third kappa shape index (κ3) is 6.41. The minimum absolute atomic E-state index is 0.243. The number of hydrogen-bond donors (Lipinski definition) is 1. The molecule has 1 amide bonds. The van der Waals surface area contributed by atoms with Gasteiger partial charge in [-0.1, -0.05) is 12.1 Å². The summed E-state index contributed by atoms with van der Waals surface area (Å²) in [5, 5.41) is 2.73. The molecule has 1 aliphatic rings. The first-order valence-corrected chi connectivity index (χ1v) is 9.51. The second-order valence-corrected chi connectivity index (χ2v) is 6.85. The van der Waals surface area contributed by atoms with Crippen LogP contribution in [0.15, 0.2) is 36.4 Å². The van der Waals surface area contributed by atoms with Crippen molar-refractivity contribution in [1.82, 2.24) is 5.32 Å². The molecule has 1 aliphatic heterocycles. The zero-order chi connectivity index (χ0) is 20.6. The maximum atomic E-state index is 11.9. The molecule has 0 atom stereocenters. The molecule has 1 heterocycles. The molecule has 3 rings (SSSR count). The van der Waals surface area contributed by atoms with Gasteiger partial charge in [0.25, 0.3) is 5.91 Å².